The minimum atomic E-state index is -0.229. The Morgan fingerprint density at radius 2 is 2.17 bits per heavy atom. The molecule has 0 atom stereocenters. The highest BCUT2D eigenvalue weighted by Gasteiger charge is 2.14. The van der Waals surface area contributed by atoms with Crippen molar-refractivity contribution >= 4 is 33.9 Å². The van der Waals surface area contributed by atoms with Gasteiger partial charge in [-0.3, -0.25) is 4.79 Å². The van der Waals surface area contributed by atoms with Crippen molar-refractivity contribution in [2.45, 2.75) is 0 Å². The summed E-state index contributed by atoms with van der Waals surface area (Å²) in [6.45, 7) is 0. The molecule has 0 unspecified atom stereocenters. The summed E-state index contributed by atoms with van der Waals surface area (Å²) in [7, 11) is 0. The van der Waals surface area contributed by atoms with E-state index in [0.29, 0.717) is 11.3 Å². The Hall–Kier alpha value is -1.16. The first kappa shape index (κ1) is 7.49. The molecule has 0 spiro atoms. The third-order valence-corrected chi connectivity index (χ3v) is 2.06. The zero-order chi connectivity index (χ0) is 8.55. The first-order chi connectivity index (χ1) is 5.77. The van der Waals surface area contributed by atoms with Crippen LogP contribution < -0.4 is 5.32 Å². The first-order valence-corrected chi connectivity index (χ1v) is 4.14. The number of halogens is 1. The molecular weight excluding hydrogens is 220 g/mol. The summed E-state index contributed by atoms with van der Waals surface area (Å²) >= 11 is 3.29. The number of fused-ring (bicyclic) bond motifs is 1. The lowest BCUT2D eigenvalue weighted by atomic mass is 10.1. The molecule has 1 amide bonds. The van der Waals surface area contributed by atoms with Crippen molar-refractivity contribution in [3.63, 3.8) is 0 Å². The Labute approximate surface area is 77.6 Å². The minimum Gasteiger partial charge on any atom is -0.267 e. The lowest BCUT2D eigenvalue weighted by Crippen LogP contribution is -2.09. The monoisotopic (exact) mass is 223 g/mol. The molecule has 4 heteroatoms. The van der Waals surface area contributed by atoms with Gasteiger partial charge in [-0.1, -0.05) is 15.9 Å². The second-order valence-corrected chi connectivity index (χ2v) is 3.26. The molecule has 0 saturated heterocycles. The topological polar surface area (TPSA) is 43.5 Å². The van der Waals surface area contributed by atoms with Gasteiger partial charge in [0.25, 0.3) is 5.91 Å². The van der Waals surface area contributed by atoms with Crippen molar-refractivity contribution in [1.29, 1.82) is 0 Å². The fourth-order valence-corrected chi connectivity index (χ4v) is 1.35. The predicted octanol–water partition coefficient (Wildman–Crippen LogP) is 1.87. The number of aliphatic imine (C=N–C) groups is 1. The molecular formula is C8H4BrN2O. The van der Waals surface area contributed by atoms with Crippen LogP contribution in [0.5, 0.6) is 0 Å². The molecule has 1 radical (unpaired) electrons. The van der Waals surface area contributed by atoms with Crippen LogP contribution in [0.4, 0.5) is 5.69 Å². The third kappa shape index (κ3) is 1.14. The van der Waals surface area contributed by atoms with Crippen LogP contribution in [0.2, 0.25) is 0 Å². The summed E-state index contributed by atoms with van der Waals surface area (Å²) in [6.07, 6.45) is 1.27. The molecule has 0 aliphatic carbocycles. The van der Waals surface area contributed by atoms with Crippen LogP contribution >= 0.6 is 15.9 Å². The number of amides is 1. The summed E-state index contributed by atoms with van der Waals surface area (Å²) in [5.41, 5.74) is 1.23. The van der Waals surface area contributed by atoms with Gasteiger partial charge in [-0.05, 0) is 18.2 Å². The molecule has 0 aromatic heterocycles. The van der Waals surface area contributed by atoms with Crippen LogP contribution in [-0.4, -0.2) is 12.2 Å². The fraction of sp³-hybridized carbons (Fsp3) is 0. The Balaban J connectivity index is 2.58. The highest BCUT2D eigenvalue weighted by Crippen LogP contribution is 2.23. The van der Waals surface area contributed by atoms with Gasteiger partial charge in [0.1, 0.15) is 6.34 Å². The van der Waals surface area contributed by atoms with E-state index in [4.69, 9.17) is 0 Å². The van der Waals surface area contributed by atoms with Gasteiger partial charge in [-0.2, -0.15) is 4.99 Å². The molecule has 12 heavy (non-hydrogen) atoms. The number of hydrogen-bond acceptors (Lipinski definition) is 1. The van der Waals surface area contributed by atoms with Crippen LogP contribution in [-0.2, 0) is 0 Å². The van der Waals surface area contributed by atoms with Crippen molar-refractivity contribution in [1.82, 2.24) is 5.32 Å². The maximum Gasteiger partial charge on any atom is 0.280 e. The van der Waals surface area contributed by atoms with Crippen molar-refractivity contribution < 1.29 is 4.79 Å². The molecule has 1 aromatic rings. The fourth-order valence-electron chi connectivity index (χ4n) is 1.01. The van der Waals surface area contributed by atoms with Crippen LogP contribution in [0.25, 0.3) is 0 Å². The second-order valence-electron chi connectivity index (χ2n) is 2.34. The van der Waals surface area contributed by atoms with Crippen LogP contribution in [0.15, 0.2) is 27.7 Å². The van der Waals surface area contributed by atoms with Gasteiger partial charge >= 0.3 is 0 Å². The Kier molecular flexibility index (Phi) is 1.69. The number of hydrogen-bond donors (Lipinski definition) is 0. The van der Waals surface area contributed by atoms with Crippen LogP contribution in [0.3, 0.4) is 0 Å². The average Bonchev–Trinajstić information content (AvgIpc) is 2.04. The number of benzene rings is 1. The van der Waals surface area contributed by atoms with Gasteiger partial charge in [0.15, 0.2) is 0 Å². The van der Waals surface area contributed by atoms with Crippen LogP contribution in [0.1, 0.15) is 10.4 Å². The SMILES string of the molecule is O=C1N=C[N]c2cc(Br)ccc21. The molecule has 1 heterocycles. The van der Waals surface area contributed by atoms with E-state index in [2.05, 4.69) is 26.2 Å². The van der Waals surface area contributed by atoms with Gasteiger partial charge in [-0.15, -0.1) is 0 Å². The van der Waals surface area contributed by atoms with Gasteiger partial charge in [0.2, 0.25) is 0 Å². The summed E-state index contributed by atoms with van der Waals surface area (Å²) in [4.78, 5) is 14.7. The van der Waals surface area contributed by atoms with Crippen molar-refractivity contribution in [2.75, 3.05) is 0 Å². The Bertz CT molecular complexity index is 373. The minimum absolute atomic E-state index is 0.229. The molecule has 1 aliphatic heterocycles. The van der Waals surface area contributed by atoms with Crippen LogP contribution in [0, 0.1) is 0 Å². The normalized spacial score (nSPS) is 13.9. The number of carbonyl (C=O) groups excluding carboxylic acids is 1. The van der Waals surface area contributed by atoms with E-state index in [9.17, 15) is 4.79 Å². The molecule has 2 rings (SSSR count). The zero-order valence-corrected chi connectivity index (χ0v) is 7.58. The maximum absolute atomic E-state index is 11.1. The standard InChI is InChI=1S/C8H4BrN2O/c9-5-1-2-6-7(3-5)10-4-11-8(6)12/h1-4H. The average molecular weight is 224 g/mol. The quantitative estimate of drug-likeness (QED) is 0.663. The Morgan fingerprint density at radius 1 is 1.33 bits per heavy atom. The summed E-state index contributed by atoms with van der Waals surface area (Å²) in [5.74, 6) is -0.229. The number of carbonyl (C=O) groups is 1. The first-order valence-electron chi connectivity index (χ1n) is 3.34. The lowest BCUT2D eigenvalue weighted by Gasteiger charge is -2.07. The van der Waals surface area contributed by atoms with E-state index in [-0.39, 0.29) is 5.91 Å². The predicted molar refractivity (Wildman–Crippen MR) is 48.8 cm³/mol. The molecule has 0 bridgehead atoms. The third-order valence-electron chi connectivity index (χ3n) is 1.56. The van der Waals surface area contributed by atoms with E-state index in [1.54, 1.807) is 18.2 Å². The molecule has 0 saturated carbocycles. The zero-order valence-electron chi connectivity index (χ0n) is 5.99. The van der Waals surface area contributed by atoms with Crippen molar-refractivity contribution in [3.8, 4) is 0 Å². The van der Waals surface area contributed by atoms with E-state index in [1.165, 1.54) is 6.34 Å². The van der Waals surface area contributed by atoms with Gasteiger partial charge in [0.05, 0.1) is 11.3 Å². The van der Waals surface area contributed by atoms with Gasteiger partial charge in [0, 0.05) is 4.47 Å². The van der Waals surface area contributed by atoms with Crippen molar-refractivity contribution in [2.24, 2.45) is 4.99 Å². The summed E-state index contributed by atoms with van der Waals surface area (Å²) < 4.78 is 0.910. The van der Waals surface area contributed by atoms with Gasteiger partial charge in [-0.25, -0.2) is 5.32 Å². The van der Waals surface area contributed by atoms with E-state index >= 15 is 0 Å². The molecule has 1 aromatic carbocycles. The largest absolute Gasteiger partial charge is 0.280 e. The highest BCUT2D eigenvalue weighted by atomic mass is 79.9. The molecule has 0 N–H and O–H groups in total. The van der Waals surface area contributed by atoms with E-state index in [1.807, 2.05) is 0 Å². The molecule has 0 fully saturated rings. The summed E-state index contributed by atoms with van der Waals surface area (Å²) in [6, 6.07) is 5.30. The molecule has 3 nitrogen and oxygen atoms in total. The van der Waals surface area contributed by atoms with Crippen molar-refractivity contribution in [3.05, 3.63) is 28.2 Å². The smallest absolute Gasteiger partial charge is 0.267 e. The molecule has 59 valence electrons. The number of rotatable bonds is 0. The maximum atomic E-state index is 11.1. The molecule has 1 aliphatic rings. The Morgan fingerprint density at radius 3 is 3.00 bits per heavy atom. The summed E-state index contributed by atoms with van der Waals surface area (Å²) in [5, 5.41) is 3.96. The van der Waals surface area contributed by atoms with E-state index < -0.39 is 0 Å². The van der Waals surface area contributed by atoms with E-state index in [0.717, 1.165) is 4.47 Å². The second kappa shape index (κ2) is 2.71. The number of nitrogens with zero attached hydrogens (tertiary/aromatic N) is 2. The highest BCUT2D eigenvalue weighted by molar-refractivity contribution is 9.10. The lowest BCUT2D eigenvalue weighted by molar-refractivity contribution is 0.100. The van der Waals surface area contributed by atoms with Gasteiger partial charge < -0.3 is 0 Å².